The predicted octanol–water partition coefficient (Wildman–Crippen LogP) is 4.44. The molecule has 1 atom stereocenters. The first kappa shape index (κ1) is 25.7. The summed E-state index contributed by atoms with van der Waals surface area (Å²) in [5.41, 5.74) is 0. The van der Waals surface area contributed by atoms with E-state index >= 15 is 0 Å². The van der Waals surface area contributed by atoms with Crippen molar-refractivity contribution < 1.29 is 22.7 Å². The fourth-order valence-electron chi connectivity index (χ4n) is 5.03. The number of thiophene rings is 1. The molecule has 0 spiro atoms. The van der Waals surface area contributed by atoms with Crippen LogP contribution in [0.3, 0.4) is 0 Å². The van der Waals surface area contributed by atoms with E-state index in [1.54, 1.807) is 11.3 Å². The lowest BCUT2D eigenvalue weighted by atomic mass is 10.2. The Labute approximate surface area is 216 Å². The van der Waals surface area contributed by atoms with Gasteiger partial charge < -0.3 is 19.1 Å². The molecule has 2 aliphatic rings. The summed E-state index contributed by atoms with van der Waals surface area (Å²) in [6.07, 6.45) is 0.464. The quantitative estimate of drug-likeness (QED) is 0.420. The molecular formula is C24H30F3N7O2S. The maximum absolute atomic E-state index is 13.3. The van der Waals surface area contributed by atoms with Crippen LogP contribution in [0.25, 0.3) is 10.2 Å². The number of hydrogen-bond donors (Lipinski definition) is 0. The first-order valence-corrected chi connectivity index (χ1v) is 13.6. The summed E-state index contributed by atoms with van der Waals surface area (Å²) in [4.78, 5) is 27.6. The number of rotatable bonds is 8. The molecular weight excluding hydrogens is 507 g/mol. The van der Waals surface area contributed by atoms with Gasteiger partial charge in [-0.15, -0.1) is 21.5 Å². The Balaban J connectivity index is 1.41. The van der Waals surface area contributed by atoms with Gasteiger partial charge in [0.25, 0.3) is 0 Å². The summed E-state index contributed by atoms with van der Waals surface area (Å²) in [5, 5.41) is 8.05. The van der Waals surface area contributed by atoms with Gasteiger partial charge in [-0.05, 0) is 31.7 Å². The number of aryl methyl sites for hydroxylation is 1. The number of anilines is 1. The highest BCUT2D eigenvalue weighted by molar-refractivity contribution is 7.18. The van der Waals surface area contributed by atoms with Gasteiger partial charge in [0.1, 0.15) is 17.3 Å². The molecule has 1 saturated heterocycles. The molecule has 0 radical (unpaired) electrons. The minimum Gasteiger partial charge on any atom is -0.461 e. The van der Waals surface area contributed by atoms with Crippen LogP contribution < -0.4 is 9.64 Å². The molecule has 0 saturated carbocycles. The minimum absolute atomic E-state index is 0.0184. The van der Waals surface area contributed by atoms with Gasteiger partial charge in [-0.3, -0.25) is 4.79 Å². The van der Waals surface area contributed by atoms with Gasteiger partial charge >= 0.3 is 12.2 Å². The number of hydrogen-bond acceptors (Lipinski definition) is 8. The molecule has 200 valence electrons. The molecule has 13 heteroatoms. The van der Waals surface area contributed by atoms with E-state index in [1.165, 1.54) is 0 Å². The van der Waals surface area contributed by atoms with Crippen molar-refractivity contribution in [3.63, 3.8) is 0 Å². The van der Waals surface area contributed by atoms with Crippen molar-refractivity contribution in [2.75, 3.05) is 24.6 Å². The van der Waals surface area contributed by atoms with E-state index in [0.29, 0.717) is 25.4 Å². The average molecular weight is 538 g/mol. The summed E-state index contributed by atoms with van der Waals surface area (Å²) in [5.74, 6) is 0.0295. The molecule has 1 amide bonds. The molecule has 2 aliphatic heterocycles. The number of ether oxygens (including phenoxy) is 1. The monoisotopic (exact) mass is 537 g/mol. The highest BCUT2D eigenvalue weighted by Gasteiger charge is 2.40. The van der Waals surface area contributed by atoms with Crippen molar-refractivity contribution in [3.8, 4) is 6.01 Å². The van der Waals surface area contributed by atoms with Gasteiger partial charge in [-0.2, -0.15) is 23.1 Å². The van der Waals surface area contributed by atoms with Crippen LogP contribution in [0.15, 0.2) is 6.07 Å². The average Bonchev–Trinajstić information content (AvgIpc) is 3.59. The van der Waals surface area contributed by atoms with E-state index in [2.05, 4.69) is 28.2 Å². The lowest BCUT2D eigenvalue weighted by Crippen LogP contribution is -2.39. The SMILES string of the molecule is CCCC(=O)N1CCC[C@@H]1COc1nc(N2CCn3c(nnc3C(F)(F)F)C2)c2cc(CCC)sc2n1. The molecule has 0 aromatic carbocycles. The highest BCUT2D eigenvalue weighted by atomic mass is 32.1. The minimum atomic E-state index is -4.55. The van der Waals surface area contributed by atoms with Crippen LogP contribution in [0, 0.1) is 0 Å². The van der Waals surface area contributed by atoms with E-state index in [0.717, 1.165) is 58.3 Å². The third-order valence-corrected chi connectivity index (χ3v) is 7.86. The predicted molar refractivity (Wildman–Crippen MR) is 133 cm³/mol. The van der Waals surface area contributed by atoms with Crippen LogP contribution in [0.4, 0.5) is 19.0 Å². The molecule has 1 fully saturated rings. The number of carbonyl (C=O) groups excluding carboxylic acids is 1. The summed E-state index contributed by atoms with van der Waals surface area (Å²) < 4.78 is 47.1. The van der Waals surface area contributed by atoms with E-state index in [-0.39, 0.29) is 36.9 Å². The molecule has 5 rings (SSSR count). The zero-order chi connectivity index (χ0) is 26.2. The Morgan fingerprint density at radius 2 is 2.00 bits per heavy atom. The summed E-state index contributed by atoms with van der Waals surface area (Å²) in [7, 11) is 0. The lowest BCUT2D eigenvalue weighted by Gasteiger charge is -2.29. The van der Waals surface area contributed by atoms with Gasteiger partial charge in [0.05, 0.1) is 18.0 Å². The molecule has 0 bridgehead atoms. The van der Waals surface area contributed by atoms with Crippen LogP contribution in [0.2, 0.25) is 0 Å². The standard InChI is InChI=1S/C24H30F3N7O2S/c1-3-6-16-12-17-20(32-10-11-34-18(13-32)30-31-22(34)24(25,26)27)28-23(29-21(17)37-16)36-14-15-8-5-9-33(15)19(35)7-4-2/h12,15H,3-11,13-14H2,1-2H3/t15-/m1/s1. The van der Waals surface area contributed by atoms with Gasteiger partial charge in [0.2, 0.25) is 11.7 Å². The Morgan fingerprint density at radius 3 is 2.76 bits per heavy atom. The lowest BCUT2D eigenvalue weighted by molar-refractivity contribution is -0.147. The molecule has 37 heavy (non-hydrogen) atoms. The topological polar surface area (TPSA) is 89.3 Å². The number of nitrogens with zero attached hydrogens (tertiary/aromatic N) is 7. The fraction of sp³-hybridized carbons (Fsp3) is 0.625. The number of fused-ring (bicyclic) bond motifs is 2. The van der Waals surface area contributed by atoms with Crippen molar-refractivity contribution in [1.82, 2.24) is 29.6 Å². The zero-order valence-electron chi connectivity index (χ0n) is 20.9. The number of halogens is 3. The molecule has 5 heterocycles. The van der Waals surface area contributed by atoms with Gasteiger partial charge in [0, 0.05) is 30.9 Å². The Bertz CT molecular complexity index is 1280. The van der Waals surface area contributed by atoms with Crippen molar-refractivity contribution in [2.45, 2.75) is 77.7 Å². The zero-order valence-corrected chi connectivity index (χ0v) is 21.7. The summed E-state index contributed by atoms with van der Waals surface area (Å²) in [6, 6.07) is 2.26. The molecule has 3 aromatic heterocycles. The molecule has 9 nitrogen and oxygen atoms in total. The van der Waals surface area contributed by atoms with E-state index < -0.39 is 12.0 Å². The second kappa shape index (κ2) is 10.4. The van der Waals surface area contributed by atoms with Crippen LogP contribution >= 0.6 is 11.3 Å². The van der Waals surface area contributed by atoms with Crippen molar-refractivity contribution in [2.24, 2.45) is 0 Å². The van der Waals surface area contributed by atoms with Gasteiger partial charge in [0.15, 0.2) is 5.82 Å². The Hall–Kier alpha value is -2.96. The van der Waals surface area contributed by atoms with E-state index in [4.69, 9.17) is 9.72 Å². The van der Waals surface area contributed by atoms with Crippen molar-refractivity contribution >= 4 is 33.3 Å². The third kappa shape index (κ3) is 5.23. The maximum atomic E-state index is 13.3. The molecule has 0 unspecified atom stereocenters. The first-order valence-electron chi connectivity index (χ1n) is 12.8. The maximum Gasteiger partial charge on any atom is 0.451 e. The van der Waals surface area contributed by atoms with E-state index in [9.17, 15) is 18.0 Å². The number of aromatic nitrogens is 5. The first-order chi connectivity index (χ1) is 17.8. The molecule has 3 aromatic rings. The Morgan fingerprint density at radius 1 is 1.16 bits per heavy atom. The van der Waals surface area contributed by atoms with Crippen LogP contribution in [-0.4, -0.2) is 61.3 Å². The number of likely N-dealkylation sites (tertiary alicyclic amines) is 1. The van der Waals surface area contributed by atoms with Crippen LogP contribution in [0.1, 0.15) is 62.5 Å². The fourth-order valence-corrected chi connectivity index (χ4v) is 6.14. The largest absolute Gasteiger partial charge is 0.461 e. The van der Waals surface area contributed by atoms with Gasteiger partial charge in [-0.25, -0.2) is 0 Å². The molecule has 0 aliphatic carbocycles. The second-order valence-corrected chi connectivity index (χ2v) is 10.6. The van der Waals surface area contributed by atoms with E-state index in [1.807, 2.05) is 16.7 Å². The van der Waals surface area contributed by atoms with Crippen molar-refractivity contribution in [1.29, 1.82) is 0 Å². The van der Waals surface area contributed by atoms with Crippen molar-refractivity contribution in [3.05, 3.63) is 22.6 Å². The Kier molecular flexibility index (Phi) is 7.24. The smallest absolute Gasteiger partial charge is 0.451 e. The normalized spacial score (nSPS) is 18.0. The van der Waals surface area contributed by atoms with Crippen LogP contribution in [0.5, 0.6) is 6.01 Å². The van der Waals surface area contributed by atoms with Gasteiger partial charge in [-0.1, -0.05) is 20.3 Å². The highest BCUT2D eigenvalue weighted by Crippen LogP contribution is 2.36. The summed E-state index contributed by atoms with van der Waals surface area (Å²) in [6.45, 7) is 5.70. The van der Waals surface area contributed by atoms with Crippen LogP contribution in [-0.2, 0) is 30.5 Å². The third-order valence-electron chi connectivity index (χ3n) is 6.77. The second-order valence-electron chi connectivity index (χ2n) is 9.47. The number of carbonyl (C=O) groups is 1. The summed E-state index contributed by atoms with van der Waals surface area (Å²) >= 11 is 1.57. The number of alkyl halides is 3. The number of amides is 1. The molecule has 0 N–H and O–H groups in total.